The van der Waals surface area contributed by atoms with E-state index in [1.165, 1.54) is 11.3 Å². The number of rotatable bonds is 5. The largest absolute Gasteiger partial charge is 0.340 e. The number of amides is 1. The van der Waals surface area contributed by atoms with Crippen molar-refractivity contribution in [2.75, 3.05) is 26.7 Å². The average Bonchev–Trinajstić information content (AvgIpc) is 2.94. The van der Waals surface area contributed by atoms with E-state index in [-0.39, 0.29) is 5.91 Å². The summed E-state index contributed by atoms with van der Waals surface area (Å²) in [7, 11) is 1.89. The average molecular weight is 295 g/mol. The molecule has 0 saturated carbocycles. The number of hydrogen-bond donors (Lipinski definition) is 1. The zero-order valence-electron chi connectivity index (χ0n) is 12.4. The van der Waals surface area contributed by atoms with Gasteiger partial charge in [-0.2, -0.15) is 0 Å². The van der Waals surface area contributed by atoms with E-state index in [2.05, 4.69) is 17.9 Å². The maximum Gasteiger partial charge on any atom is 0.236 e. The summed E-state index contributed by atoms with van der Waals surface area (Å²) in [5.74, 6) is 0.740. The molecule has 5 heteroatoms. The van der Waals surface area contributed by atoms with Crippen molar-refractivity contribution in [3.8, 4) is 0 Å². The highest BCUT2D eigenvalue weighted by Gasteiger charge is 2.26. The van der Waals surface area contributed by atoms with Crippen molar-refractivity contribution in [3.05, 3.63) is 22.4 Å². The highest BCUT2D eigenvalue weighted by atomic mass is 32.1. The Morgan fingerprint density at radius 1 is 1.55 bits per heavy atom. The van der Waals surface area contributed by atoms with E-state index in [9.17, 15) is 4.79 Å². The monoisotopic (exact) mass is 295 g/mol. The Morgan fingerprint density at radius 2 is 2.35 bits per heavy atom. The first-order valence-corrected chi connectivity index (χ1v) is 8.18. The Balaban J connectivity index is 1.86. The smallest absolute Gasteiger partial charge is 0.236 e. The lowest BCUT2D eigenvalue weighted by Gasteiger charge is -2.37. The number of thiophene rings is 1. The van der Waals surface area contributed by atoms with Gasteiger partial charge in [-0.3, -0.25) is 9.69 Å². The number of likely N-dealkylation sites (tertiary alicyclic amines) is 1. The zero-order chi connectivity index (χ0) is 14.5. The van der Waals surface area contributed by atoms with Crippen LogP contribution in [-0.4, -0.2) is 48.4 Å². The third kappa shape index (κ3) is 4.04. The lowest BCUT2D eigenvalue weighted by molar-refractivity contribution is -0.132. The summed E-state index contributed by atoms with van der Waals surface area (Å²) in [4.78, 5) is 17.7. The molecule has 0 aliphatic carbocycles. The number of hydrogen-bond acceptors (Lipinski definition) is 4. The first kappa shape index (κ1) is 15.5. The van der Waals surface area contributed by atoms with E-state index < -0.39 is 0 Å². The molecule has 2 atom stereocenters. The summed E-state index contributed by atoms with van der Waals surface area (Å²) < 4.78 is 0. The van der Waals surface area contributed by atoms with Gasteiger partial charge in [-0.15, -0.1) is 11.3 Å². The topological polar surface area (TPSA) is 49.6 Å². The molecule has 112 valence electrons. The molecule has 1 fully saturated rings. The van der Waals surface area contributed by atoms with Crippen molar-refractivity contribution < 1.29 is 4.79 Å². The van der Waals surface area contributed by atoms with Gasteiger partial charge in [0, 0.05) is 24.5 Å². The van der Waals surface area contributed by atoms with Gasteiger partial charge in [-0.1, -0.05) is 6.07 Å². The predicted molar refractivity (Wildman–Crippen MR) is 83.6 cm³/mol. The molecule has 1 saturated heterocycles. The first-order chi connectivity index (χ1) is 9.60. The molecule has 1 aliphatic rings. The molecule has 0 radical (unpaired) electrons. The second-order valence-corrected chi connectivity index (χ2v) is 6.82. The maximum absolute atomic E-state index is 12.3. The minimum absolute atomic E-state index is 0.197. The Hall–Kier alpha value is -0.910. The van der Waals surface area contributed by atoms with Crippen LogP contribution in [-0.2, 0) is 11.3 Å². The van der Waals surface area contributed by atoms with Crippen molar-refractivity contribution in [2.45, 2.75) is 32.4 Å². The Morgan fingerprint density at radius 3 is 3.00 bits per heavy atom. The number of nitrogens with two attached hydrogens (primary N) is 1. The van der Waals surface area contributed by atoms with Gasteiger partial charge >= 0.3 is 0 Å². The van der Waals surface area contributed by atoms with Crippen LogP contribution < -0.4 is 5.73 Å². The normalized spacial score (nSPS) is 23.8. The summed E-state index contributed by atoms with van der Waals surface area (Å²) in [5, 5.41) is 2.05. The van der Waals surface area contributed by atoms with Crippen molar-refractivity contribution in [1.29, 1.82) is 0 Å². The molecular weight excluding hydrogens is 270 g/mol. The third-order valence-electron chi connectivity index (χ3n) is 4.18. The van der Waals surface area contributed by atoms with Gasteiger partial charge in [0.25, 0.3) is 0 Å². The number of carbonyl (C=O) groups excluding carboxylic acids is 1. The van der Waals surface area contributed by atoms with Crippen molar-refractivity contribution in [2.24, 2.45) is 11.7 Å². The van der Waals surface area contributed by atoms with Crippen LogP contribution in [0.1, 0.15) is 24.6 Å². The first-order valence-electron chi connectivity index (χ1n) is 7.30. The Kier molecular flexibility index (Phi) is 5.57. The minimum Gasteiger partial charge on any atom is -0.340 e. The molecule has 2 rings (SSSR count). The number of piperidine rings is 1. The Labute approximate surface area is 125 Å². The summed E-state index contributed by atoms with van der Waals surface area (Å²) in [6, 6.07) is 4.58. The highest BCUT2D eigenvalue weighted by Crippen LogP contribution is 2.21. The number of likely N-dealkylation sites (N-methyl/N-ethyl adjacent to an activating group) is 1. The molecule has 0 spiro atoms. The molecule has 1 aliphatic heterocycles. The molecule has 2 heterocycles. The number of carbonyl (C=O) groups is 1. The minimum atomic E-state index is 0.197. The summed E-state index contributed by atoms with van der Waals surface area (Å²) >= 11 is 1.70. The van der Waals surface area contributed by atoms with E-state index in [0.717, 1.165) is 19.5 Å². The van der Waals surface area contributed by atoms with Crippen LogP contribution >= 0.6 is 11.3 Å². The molecule has 1 aromatic heterocycles. The van der Waals surface area contributed by atoms with Gasteiger partial charge in [-0.05, 0) is 43.7 Å². The van der Waals surface area contributed by atoms with Crippen LogP contribution in [0.25, 0.3) is 0 Å². The Bertz CT molecular complexity index is 421. The molecule has 20 heavy (non-hydrogen) atoms. The number of nitrogens with zero attached hydrogens (tertiary/aromatic N) is 2. The molecule has 0 aromatic carbocycles. The van der Waals surface area contributed by atoms with E-state index >= 15 is 0 Å². The van der Waals surface area contributed by atoms with Crippen LogP contribution in [0.15, 0.2) is 17.5 Å². The van der Waals surface area contributed by atoms with Crippen LogP contribution in [0, 0.1) is 5.92 Å². The quantitative estimate of drug-likeness (QED) is 0.900. The lowest BCUT2D eigenvalue weighted by Crippen LogP contribution is -2.48. The van der Waals surface area contributed by atoms with Crippen molar-refractivity contribution in [1.82, 2.24) is 9.80 Å². The third-order valence-corrected chi connectivity index (χ3v) is 5.04. The van der Waals surface area contributed by atoms with Gasteiger partial charge in [0.05, 0.1) is 13.1 Å². The van der Waals surface area contributed by atoms with Gasteiger partial charge in [-0.25, -0.2) is 0 Å². The SMILES string of the molecule is CC1CCC(CN)CN1CC(=O)N(C)Cc1cccs1. The molecule has 4 nitrogen and oxygen atoms in total. The van der Waals surface area contributed by atoms with E-state index in [1.54, 1.807) is 11.3 Å². The standard InChI is InChI=1S/C15H25N3OS/c1-12-5-6-13(8-16)9-18(12)11-15(19)17(2)10-14-4-3-7-20-14/h3-4,7,12-13H,5-6,8-11,16H2,1-2H3. The predicted octanol–water partition coefficient (Wildman–Crippen LogP) is 1.77. The fourth-order valence-electron chi connectivity index (χ4n) is 2.69. The van der Waals surface area contributed by atoms with Crippen LogP contribution in [0.4, 0.5) is 0 Å². The van der Waals surface area contributed by atoms with Crippen LogP contribution in [0.2, 0.25) is 0 Å². The molecule has 2 unspecified atom stereocenters. The molecule has 0 bridgehead atoms. The summed E-state index contributed by atoms with van der Waals surface area (Å²) in [6.45, 7) is 5.11. The zero-order valence-corrected chi connectivity index (χ0v) is 13.2. The van der Waals surface area contributed by atoms with Gasteiger partial charge in [0.1, 0.15) is 0 Å². The van der Waals surface area contributed by atoms with Gasteiger partial charge in [0.2, 0.25) is 5.91 Å². The van der Waals surface area contributed by atoms with Gasteiger partial charge in [0.15, 0.2) is 0 Å². The van der Waals surface area contributed by atoms with Gasteiger partial charge < -0.3 is 10.6 Å². The molecular formula is C15H25N3OS. The van der Waals surface area contributed by atoms with E-state index in [1.807, 2.05) is 23.4 Å². The second kappa shape index (κ2) is 7.20. The lowest BCUT2D eigenvalue weighted by atomic mass is 9.93. The molecule has 1 aromatic rings. The van der Waals surface area contributed by atoms with Crippen molar-refractivity contribution >= 4 is 17.2 Å². The van der Waals surface area contributed by atoms with E-state index in [0.29, 0.717) is 25.0 Å². The molecule has 1 amide bonds. The maximum atomic E-state index is 12.3. The summed E-state index contributed by atoms with van der Waals surface area (Å²) in [5.41, 5.74) is 5.77. The highest BCUT2D eigenvalue weighted by molar-refractivity contribution is 7.09. The summed E-state index contributed by atoms with van der Waals surface area (Å²) in [6.07, 6.45) is 2.33. The molecule has 2 N–H and O–H groups in total. The van der Waals surface area contributed by atoms with Crippen LogP contribution in [0.3, 0.4) is 0 Å². The van der Waals surface area contributed by atoms with Crippen molar-refractivity contribution in [3.63, 3.8) is 0 Å². The fraction of sp³-hybridized carbons (Fsp3) is 0.667. The second-order valence-electron chi connectivity index (χ2n) is 5.79. The van der Waals surface area contributed by atoms with Crippen LogP contribution in [0.5, 0.6) is 0 Å². The van der Waals surface area contributed by atoms with E-state index in [4.69, 9.17) is 5.73 Å². The fourth-order valence-corrected chi connectivity index (χ4v) is 3.45.